The highest BCUT2D eigenvalue weighted by Gasteiger charge is 2.17. The van der Waals surface area contributed by atoms with Crippen LogP contribution in [0.4, 0.5) is 0 Å². The van der Waals surface area contributed by atoms with Crippen LogP contribution in [0.5, 0.6) is 0 Å². The first-order valence-electron chi connectivity index (χ1n) is 6.65. The van der Waals surface area contributed by atoms with Gasteiger partial charge in [0.15, 0.2) is 0 Å². The molecule has 3 rings (SSSR count). The van der Waals surface area contributed by atoms with Gasteiger partial charge >= 0.3 is 0 Å². The van der Waals surface area contributed by atoms with Gasteiger partial charge in [-0.1, -0.05) is 23.8 Å². The first-order valence-corrected chi connectivity index (χ1v) is 6.65. The summed E-state index contributed by atoms with van der Waals surface area (Å²) >= 11 is 0. The lowest BCUT2D eigenvalue weighted by molar-refractivity contribution is 0.454. The average Bonchev–Trinajstić information content (AvgIpc) is 2.89. The van der Waals surface area contributed by atoms with Gasteiger partial charge in [0.2, 0.25) is 0 Å². The summed E-state index contributed by atoms with van der Waals surface area (Å²) in [7, 11) is 0. The van der Waals surface area contributed by atoms with Gasteiger partial charge in [-0.15, -0.1) is 0 Å². The summed E-state index contributed by atoms with van der Waals surface area (Å²) in [6.45, 7) is 4.34. The third kappa shape index (κ3) is 2.31. The highest BCUT2D eigenvalue weighted by Crippen LogP contribution is 2.26. The fourth-order valence-electron chi connectivity index (χ4n) is 2.61. The van der Waals surface area contributed by atoms with Gasteiger partial charge in [0.1, 0.15) is 5.82 Å². The van der Waals surface area contributed by atoms with Gasteiger partial charge in [-0.2, -0.15) is 0 Å². The van der Waals surface area contributed by atoms with Gasteiger partial charge in [-0.05, 0) is 38.9 Å². The van der Waals surface area contributed by atoms with Crippen LogP contribution in [-0.2, 0) is 0 Å². The van der Waals surface area contributed by atoms with E-state index in [2.05, 4.69) is 46.5 Å². The minimum Gasteiger partial charge on any atom is -0.342 e. The number of H-pyrrole nitrogens is 1. The van der Waals surface area contributed by atoms with E-state index in [4.69, 9.17) is 0 Å². The van der Waals surface area contributed by atoms with Crippen LogP contribution in [0.25, 0.3) is 11.4 Å². The van der Waals surface area contributed by atoms with Crippen LogP contribution in [0.15, 0.2) is 30.5 Å². The first kappa shape index (κ1) is 11.5. The predicted octanol–water partition coefficient (Wildman–Crippen LogP) is 2.85. The van der Waals surface area contributed by atoms with Crippen LogP contribution in [0.3, 0.4) is 0 Å². The lowest BCUT2D eigenvalue weighted by Gasteiger charge is -2.21. The lowest BCUT2D eigenvalue weighted by atomic mass is 9.95. The molecule has 1 aromatic heterocycles. The molecule has 0 saturated carbocycles. The normalized spacial score (nSPS) is 16.9. The number of aryl methyl sites for hydroxylation is 1. The number of benzene rings is 1. The molecule has 94 valence electrons. The van der Waals surface area contributed by atoms with Crippen LogP contribution >= 0.6 is 0 Å². The number of imidazole rings is 1. The summed E-state index contributed by atoms with van der Waals surface area (Å²) in [5, 5.41) is 3.40. The Kier molecular flexibility index (Phi) is 3.15. The molecule has 2 heterocycles. The van der Waals surface area contributed by atoms with Gasteiger partial charge in [0.05, 0.1) is 0 Å². The molecule has 1 saturated heterocycles. The largest absolute Gasteiger partial charge is 0.342 e. The Labute approximate surface area is 108 Å². The van der Waals surface area contributed by atoms with E-state index in [-0.39, 0.29) is 0 Å². The molecule has 18 heavy (non-hydrogen) atoms. The zero-order chi connectivity index (χ0) is 12.4. The Morgan fingerprint density at radius 2 is 2.06 bits per heavy atom. The summed E-state index contributed by atoms with van der Waals surface area (Å²) in [5.74, 6) is 1.63. The molecule has 0 aliphatic carbocycles. The predicted molar refractivity (Wildman–Crippen MR) is 73.6 cm³/mol. The van der Waals surface area contributed by atoms with Crippen molar-refractivity contribution in [2.24, 2.45) is 0 Å². The summed E-state index contributed by atoms with van der Waals surface area (Å²) in [6, 6.07) is 8.47. The SMILES string of the molecule is Cc1cccc(-c2ncc(C3CCNCC3)[nH]2)c1. The summed E-state index contributed by atoms with van der Waals surface area (Å²) in [5.41, 5.74) is 3.73. The Bertz CT molecular complexity index is 524. The number of aromatic amines is 1. The van der Waals surface area contributed by atoms with Gasteiger partial charge in [0, 0.05) is 23.4 Å². The van der Waals surface area contributed by atoms with Gasteiger partial charge in [-0.25, -0.2) is 4.98 Å². The Balaban J connectivity index is 1.84. The van der Waals surface area contributed by atoms with Gasteiger partial charge in [-0.3, -0.25) is 0 Å². The van der Waals surface area contributed by atoms with Crippen LogP contribution < -0.4 is 5.32 Å². The molecular weight excluding hydrogens is 222 g/mol. The van der Waals surface area contributed by atoms with E-state index < -0.39 is 0 Å². The molecule has 3 nitrogen and oxygen atoms in total. The second-order valence-electron chi connectivity index (χ2n) is 5.08. The van der Waals surface area contributed by atoms with Crippen molar-refractivity contribution >= 4 is 0 Å². The third-order valence-corrected chi connectivity index (χ3v) is 3.67. The number of hydrogen-bond donors (Lipinski definition) is 2. The van der Waals surface area contributed by atoms with E-state index in [0.29, 0.717) is 5.92 Å². The van der Waals surface area contributed by atoms with E-state index in [1.54, 1.807) is 0 Å². The molecule has 0 atom stereocenters. The lowest BCUT2D eigenvalue weighted by Crippen LogP contribution is -2.26. The van der Waals surface area contributed by atoms with E-state index >= 15 is 0 Å². The Morgan fingerprint density at radius 3 is 2.83 bits per heavy atom. The summed E-state index contributed by atoms with van der Waals surface area (Å²) in [6.07, 6.45) is 4.42. The van der Waals surface area contributed by atoms with Crippen molar-refractivity contribution in [3.63, 3.8) is 0 Å². The Morgan fingerprint density at radius 1 is 1.22 bits per heavy atom. The molecule has 0 spiro atoms. The summed E-state index contributed by atoms with van der Waals surface area (Å²) in [4.78, 5) is 8.01. The number of nitrogens with one attached hydrogen (secondary N) is 2. The van der Waals surface area contributed by atoms with Gasteiger partial charge in [0.25, 0.3) is 0 Å². The molecule has 0 unspecified atom stereocenters. The molecule has 1 aromatic carbocycles. The maximum Gasteiger partial charge on any atom is 0.137 e. The van der Waals surface area contributed by atoms with Crippen molar-refractivity contribution in [1.29, 1.82) is 0 Å². The van der Waals surface area contributed by atoms with E-state index in [1.165, 1.54) is 29.7 Å². The number of nitrogens with zero attached hydrogens (tertiary/aromatic N) is 1. The monoisotopic (exact) mass is 241 g/mol. The van der Waals surface area contributed by atoms with Crippen molar-refractivity contribution in [3.05, 3.63) is 41.7 Å². The first-order chi connectivity index (χ1) is 8.83. The van der Waals surface area contributed by atoms with Crippen molar-refractivity contribution in [2.75, 3.05) is 13.1 Å². The zero-order valence-electron chi connectivity index (χ0n) is 10.7. The number of piperidine rings is 1. The summed E-state index contributed by atoms with van der Waals surface area (Å²) < 4.78 is 0. The van der Waals surface area contributed by atoms with Crippen LogP contribution in [-0.4, -0.2) is 23.1 Å². The molecule has 0 radical (unpaired) electrons. The Hall–Kier alpha value is -1.61. The highest BCUT2D eigenvalue weighted by molar-refractivity contribution is 5.56. The fourth-order valence-corrected chi connectivity index (χ4v) is 2.61. The van der Waals surface area contributed by atoms with Crippen molar-refractivity contribution in [3.8, 4) is 11.4 Å². The minimum absolute atomic E-state index is 0.636. The molecule has 0 amide bonds. The number of aromatic nitrogens is 2. The molecule has 1 aliphatic rings. The number of hydrogen-bond acceptors (Lipinski definition) is 2. The van der Waals surface area contributed by atoms with Crippen LogP contribution in [0.1, 0.15) is 30.0 Å². The second-order valence-corrected chi connectivity index (χ2v) is 5.08. The van der Waals surface area contributed by atoms with Gasteiger partial charge < -0.3 is 10.3 Å². The maximum absolute atomic E-state index is 4.53. The highest BCUT2D eigenvalue weighted by atomic mass is 14.9. The van der Waals surface area contributed by atoms with E-state index in [0.717, 1.165) is 18.9 Å². The maximum atomic E-state index is 4.53. The topological polar surface area (TPSA) is 40.7 Å². The molecule has 2 aromatic rings. The molecule has 1 aliphatic heterocycles. The second kappa shape index (κ2) is 4.94. The van der Waals surface area contributed by atoms with E-state index in [1.807, 2.05) is 6.20 Å². The standard InChI is InChI=1S/C15H19N3/c1-11-3-2-4-13(9-11)15-17-10-14(18-15)12-5-7-16-8-6-12/h2-4,9-10,12,16H,5-8H2,1H3,(H,17,18). The minimum atomic E-state index is 0.636. The van der Waals surface area contributed by atoms with E-state index in [9.17, 15) is 0 Å². The van der Waals surface area contributed by atoms with Crippen LogP contribution in [0.2, 0.25) is 0 Å². The number of rotatable bonds is 2. The van der Waals surface area contributed by atoms with Crippen LogP contribution in [0, 0.1) is 6.92 Å². The average molecular weight is 241 g/mol. The van der Waals surface area contributed by atoms with Crippen molar-refractivity contribution < 1.29 is 0 Å². The molecule has 3 heteroatoms. The van der Waals surface area contributed by atoms with Crippen molar-refractivity contribution in [2.45, 2.75) is 25.7 Å². The molecule has 1 fully saturated rings. The third-order valence-electron chi connectivity index (χ3n) is 3.67. The molecule has 0 bridgehead atoms. The quantitative estimate of drug-likeness (QED) is 0.848. The zero-order valence-corrected chi connectivity index (χ0v) is 10.7. The molecule has 2 N–H and O–H groups in total. The smallest absolute Gasteiger partial charge is 0.137 e. The van der Waals surface area contributed by atoms with Crippen molar-refractivity contribution in [1.82, 2.24) is 15.3 Å². The fraction of sp³-hybridized carbons (Fsp3) is 0.400. The molecular formula is C15H19N3.